The molecule has 8 heterocycles. The standard InChI is InChI=1S/C50H48N14O2/c1-57-33-27-31(28-34(49(33)65)58(2)38-16-10-20-42(52-38)62(6)46-24-13-23-45(55-46)61(5)41-19-9-15-37(57)51-41)32-29-35-50(66)36(30-32)60(4)40-18-12-22-44(54-40)64(8)48-26-14-25-47(56-48)63(7)43-21-11-17-39(53-43)59(35)3/h9-30,65-66H,1-8H3. The van der Waals surface area contributed by atoms with Crippen LogP contribution in [0.3, 0.4) is 0 Å². The van der Waals surface area contributed by atoms with Crippen LogP contribution in [0.4, 0.5) is 92.6 Å². The molecule has 0 fully saturated rings. The number of aromatic hydroxyl groups is 2. The van der Waals surface area contributed by atoms with E-state index in [1.165, 1.54) is 0 Å². The number of fused-ring (bicyclic) bond motifs is 16. The Hall–Kier alpha value is -8.66. The quantitative estimate of drug-likeness (QED) is 0.161. The van der Waals surface area contributed by atoms with Gasteiger partial charge in [0.1, 0.15) is 69.8 Å². The lowest BCUT2D eigenvalue weighted by molar-refractivity contribution is 0.476. The first-order chi connectivity index (χ1) is 31.8. The number of rotatable bonds is 1. The fourth-order valence-corrected chi connectivity index (χ4v) is 8.24. The van der Waals surface area contributed by atoms with E-state index in [1.807, 2.05) is 229 Å². The molecule has 0 saturated carbocycles. The van der Waals surface area contributed by atoms with Gasteiger partial charge in [0.2, 0.25) is 0 Å². The number of phenolic OH excluding ortho intramolecular Hbond substituents is 2. The van der Waals surface area contributed by atoms with E-state index in [9.17, 15) is 10.2 Å². The van der Waals surface area contributed by atoms with Gasteiger partial charge < -0.3 is 49.4 Å². The number of benzene rings is 2. The van der Waals surface area contributed by atoms with Crippen LogP contribution in [0.5, 0.6) is 11.5 Å². The van der Waals surface area contributed by atoms with Crippen LogP contribution in [0.15, 0.2) is 133 Å². The maximum atomic E-state index is 12.4. The van der Waals surface area contributed by atoms with Gasteiger partial charge in [0, 0.05) is 56.4 Å². The predicted octanol–water partition coefficient (Wildman–Crippen LogP) is 9.90. The molecule has 0 spiro atoms. The number of hydrogen-bond donors (Lipinski definition) is 2. The van der Waals surface area contributed by atoms with Crippen molar-refractivity contribution >= 4 is 92.6 Å². The van der Waals surface area contributed by atoms with Crippen molar-refractivity contribution in [3.8, 4) is 22.6 Å². The minimum absolute atomic E-state index is 0.0216. The Morgan fingerprint density at radius 2 is 0.409 bits per heavy atom. The van der Waals surface area contributed by atoms with Crippen LogP contribution >= 0.6 is 0 Å². The van der Waals surface area contributed by atoms with Gasteiger partial charge in [0.05, 0.1) is 22.7 Å². The van der Waals surface area contributed by atoms with E-state index in [-0.39, 0.29) is 11.5 Å². The van der Waals surface area contributed by atoms with E-state index in [0.717, 1.165) is 11.1 Å². The van der Waals surface area contributed by atoms with Gasteiger partial charge in [0.15, 0.2) is 11.5 Å². The molecule has 66 heavy (non-hydrogen) atoms. The first-order valence-corrected chi connectivity index (χ1v) is 21.3. The van der Waals surface area contributed by atoms with Crippen molar-refractivity contribution in [3.05, 3.63) is 133 Å². The van der Waals surface area contributed by atoms with E-state index in [1.54, 1.807) is 0 Å². The largest absolute Gasteiger partial charge is 0.504 e. The summed E-state index contributed by atoms with van der Waals surface area (Å²) < 4.78 is 0. The summed E-state index contributed by atoms with van der Waals surface area (Å²) >= 11 is 0. The minimum atomic E-state index is 0.0216. The summed E-state index contributed by atoms with van der Waals surface area (Å²) in [7, 11) is 15.2. The van der Waals surface area contributed by atoms with Crippen molar-refractivity contribution < 1.29 is 10.2 Å². The third kappa shape index (κ3) is 7.13. The number of hydrogen-bond acceptors (Lipinski definition) is 16. The molecule has 0 saturated heterocycles. The molecule has 0 amide bonds. The van der Waals surface area contributed by atoms with Crippen molar-refractivity contribution in [2.75, 3.05) is 95.6 Å². The number of anilines is 16. The molecule has 0 atom stereocenters. The SMILES string of the molecule is CN1c2cccc(n2)N(C)c2cccc(n2)N(C)c2cc(-c3cc4c(O)c(c3)N(C)c3cccc(n3)N(C)c3cccc(n3)N(C)c3cccc(n3)N4C)cc(c2O)N(C)c2cccc1n2. The van der Waals surface area contributed by atoms with Crippen LogP contribution in [0.1, 0.15) is 0 Å². The maximum Gasteiger partial charge on any atom is 0.163 e. The molecule has 2 N–H and O–H groups in total. The molecule has 0 unspecified atom stereocenters. The molecule has 2 aliphatic heterocycles. The molecule has 0 aliphatic carbocycles. The monoisotopic (exact) mass is 876 g/mol. The van der Waals surface area contributed by atoms with Gasteiger partial charge in [-0.3, -0.25) is 0 Å². The Kier molecular flexibility index (Phi) is 10.1. The first-order valence-electron chi connectivity index (χ1n) is 21.3. The summed E-state index contributed by atoms with van der Waals surface area (Å²) in [5.41, 5.74) is 3.43. The molecule has 16 nitrogen and oxygen atoms in total. The molecule has 16 heteroatoms. The molecule has 8 aromatic rings. The van der Waals surface area contributed by atoms with Crippen LogP contribution in [-0.4, -0.2) is 96.5 Å². The molecule has 10 rings (SSSR count). The molecular formula is C50H48N14O2. The summed E-state index contributed by atoms with van der Waals surface area (Å²) in [6.45, 7) is 0. The molecule has 0 radical (unpaired) electrons. The highest BCUT2D eigenvalue weighted by molar-refractivity contribution is 5.91. The van der Waals surface area contributed by atoms with Crippen LogP contribution in [-0.2, 0) is 0 Å². The third-order valence-corrected chi connectivity index (χ3v) is 12.4. The van der Waals surface area contributed by atoms with Gasteiger partial charge in [-0.2, -0.15) is 0 Å². The molecule has 2 aliphatic rings. The molecule has 16 bridgehead atoms. The van der Waals surface area contributed by atoms with Crippen LogP contribution in [0.2, 0.25) is 0 Å². The lowest BCUT2D eigenvalue weighted by Gasteiger charge is -2.29. The minimum Gasteiger partial charge on any atom is -0.504 e. The molecule has 330 valence electrons. The number of phenols is 2. The van der Waals surface area contributed by atoms with E-state index < -0.39 is 0 Å². The second kappa shape index (κ2) is 16.2. The Morgan fingerprint density at radius 3 is 0.576 bits per heavy atom. The molecular weight excluding hydrogens is 829 g/mol. The van der Waals surface area contributed by atoms with Gasteiger partial charge in [-0.1, -0.05) is 36.4 Å². The Balaban J connectivity index is 1.20. The highest BCUT2D eigenvalue weighted by atomic mass is 16.3. The zero-order chi connectivity index (χ0) is 46.0. The fraction of sp³-hybridized carbons (Fsp3) is 0.160. The average molecular weight is 877 g/mol. The Morgan fingerprint density at radius 1 is 0.258 bits per heavy atom. The van der Waals surface area contributed by atoms with Gasteiger partial charge in [-0.15, -0.1) is 0 Å². The van der Waals surface area contributed by atoms with Gasteiger partial charge in [-0.05, 0) is 108 Å². The smallest absolute Gasteiger partial charge is 0.163 e. The number of aromatic nitrogens is 6. The van der Waals surface area contributed by atoms with Crippen molar-refractivity contribution in [2.24, 2.45) is 0 Å². The second-order valence-corrected chi connectivity index (χ2v) is 16.3. The van der Waals surface area contributed by atoms with Gasteiger partial charge in [-0.25, -0.2) is 29.9 Å². The summed E-state index contributed by atoms with van der Waals surface area (Å²) in [6, 6.07) is 42.5. The first kappa shape index (κ1) is 41.4. The van der Waals surface area contributed by atoms with E-state index >= 15 is 0 Å². The van der Waals surface area contributed by atoms with E-state index in [4.69, 9.17) is 29.9 Å². The van der Waals surface area contributed by atoms with Gasteiger partial charge >= 0.3 is 0 Å². The second-order valence-electron chi connectivity index (χ2n) is 16.3. The lowest BCUT2D eigenvalue weighted by atomic mass is 9.99. The van der Waals surface area contributed by atoms with Crippen molar-refractivity contribution in [1.29, 1.82) is 0 Å². The van der Waals surface area contributed by atoms with Crippen LogP contribution in [0.25, 0.3) is 11.1 Å². The fourth-order valence-electron chi connectivity index (χ4n) is 8.24. The van der Waals surface area contributed by atoms with Crippen LogP contribution in [0, 0.1) is 0 Å². The Labute approximate surface area is 383 Å². The number of nitrogens with zero attached hydrogens (tertiary/aromatic N) is 14. The molecule has 2 aromatic carbocycles. The Bertz CT molecular complexity index is 2760. The summed E-state index contributed by atoms with van der Waals surface area (Å²) in [6.07, 6.45) is 0. The average Bonchev–Trinajstić information content (AvgIpc) is 3.36. The van der Waals surface area contributed by atoms with Crippen molar-refractivity contribution in [1.82, 2.24) is 29.9 Å². The highest BCUT2D eigenvalue weighted by Gasteiger charge is 2.26. The van der Waals surface area contributed by atoms with E-state index in [0.29, 0.717) is 92.6 Å². The van der Waals surface area contributed by atoms with Crippen LogP contribution < -0.4 is 39.2 Å². The summed E-state index contributed by atoms with van der Waals surface area (Å²) in [5.74, 6) is 7.85. The third-order valence-electron chi connectivity index (χ3n) is 12.4. The van der Waals surface area contributed by atoms with E-state index in [2.05, 4.69) is 0 Å². The van der Waals surface area contributed by atoms with Crippen molar-refractivity contribution in [2.45, 2.75) is 0 Å². The number of pyridine rings is 6. The highest BCUT2D eigenvalue weighted by Crippen LogP contribution is 2.49. The zero-order valence-corrected chi connectivity index (χ0v) is 37.9. The van der Waals surface area contributed by atoms with Gasteiger partial charge in [0.25, 0.3) is 0 Å². The topological polar surface area (TPSA) is 144 Å². The predicted molar refractivity (Wildman–Crippen MR) is 265 cm³/mol. The van der Waals surface area contributed by atoms with Crippen molar-refractivity contribution in [3.63, 3.8) is 0 Å². The normalized spacial score (nSPS) is 13.6. The summed E-state index contributed by atoms with van der Waals surface area (Å²) in [4.78, 5) is 45.4. The lowest BCUT2D eigenvalue weighted by Crippen LogP contribution is -2.20. The maximum absolute atomic E-state index is 12.4. The zero-order valence-electron chi connectivity index (χ0n) is 37.9. The summed E-state index contributed by atoms with van der Waals surface area (Å²) in [5, 5.41) is 24.9. The molecule has 6 aromatic heterocycles.